The molecular weight excluding hydrogens is 512 g/mol. The molecule has 0 aliphatic heterocycles. The highest BCUT2D eigenvalue weighted by atomic mass is 35.5. The molecule has 0 bridgehead atoms. The van der Waals surface area contributed by atoms with E-state index in [1.165, 1.54) is 24.5 Å². The Morgan fingerprint density at radius 2 is 1.26 bits per heavy atom. The van der Waals surface area contributed by atoms with E-state index >= 15 is 0 Å². The van der Waals surface area contributed by atoms with E-state index in [-0.39, 0.29) is 7.43 Å². The van der Waals surface area contributed by atoms with E-state index in [4.69, 9.17) is 38.3 Å². The summed E-state index contributed by atoms with van der Waals surface area (Å²) in [4.78, 5) is 33.0. The molecule has 0 aliphatic carbocycles. The first kappa shape index (κ1) is 34.2. The number of carbonyl (C=O) groups excluding carboxylic acids is 2. The molecule has 0 saturated heterocycles. The molecule has 0 aromatic carbocycles. The molecule has 3 rings (SSSR count). The largest absolute Gasteiger partial charge is 0.383 e. The number of rotatable bonds is 11. The Morgan fingerprint density at radius 1 is 0.789 bits per heavy atom. The van der Waals surface area contributed by atoms with Crippen LogP contribution < -0.4 is 27.8 Å². The Kier molecular flexibility index (Phi) is 18.2. The third-order valence-electron chi connectivity index (χ3n) is 4.34. The maximum atomic E-state index is 10.7. The number of nitrogens with zero attached hydrogens (tertiary/aromatic N) is 3. The topological polar surface area (TPSA) is 193 Å². The Hall–Kier alpha value is -3.84. The fourth-order valence-electron chi connectivity index (χ4n) is 2.38. The predicted molar refractivity (Wildman–Crippen MR) is 150 cm³/mol. The maximum Gasteiger partial charge on any atom is 0.250 e. The van der Waals surface area contributed by atoms with E-state index in [0.717, 1.165) is 17.9 Å². The summed E-state index contributed by atoms with van der Waals surface area (Å²) >= 11 is 5.45. The van der Waals surface area contributed by atoms with Crippen LogP contribution in [0.4, 0.5) is 11.6 Å². The van der Waals surface area contributed by atoms with Gasteiger partial charge in [0.05, 0.1) is 24.3 Å². The average Bonchev–Trinajstić information content (AvgIpc) is 2.91. The number of methoxy groups -OCH3 is 2. The van der Waals surface area contributed by atoms with Gasteiger partial charge in [-0.05, 0) is 35.9 Å². The molecule has 8 N–H and O–H groups in total. The Morgan fingerprint density at radius 3 is 1.61 bits per heavy atom. The van der Waals surface area contributed by atoms with E-state index in [2.05, 4.69) is 25.6 Å². The standard InChI is InChI=1S/C9H13N3O2.C9H15N3O.C6H5ClN2O.CH4/c1-14-5-4-11-8-3-2-7(6-12-8)9(10)13;1-13-5-4-11-9-3-2-8(6-10)7-12-9;7-5-2-1-4(3-9-5)6(8)10;/h2-3,6H,4-5H2,1H3,(H2,10,13)(H,11,12);2-3,7H,4-6,10H2,1H3,(H,11,12);1-3H,(H2,8,10);1H4. The van der Waals surface area contributed by atoms with E-state index in [9.17, 15) is 9.59 Å². The van der Waals surface area contributed by atoms with Gasteiger partial charge in [0, 0.05) is 52.4 Å². The molecule has 0 radical (unpaired) electrons. The van der Waals surface area contributed by atoms with Crippen LogP contribution in [0.3, 0.4) is 0 Å². The van der Waals surface area contributed by atoms with Crippen molar-refractivity contribution in [3.05, 3.63) is 76.8 Å². The highest BCUT2D eigenvalue weighted by Crippen LogP contribution is 2.05. The van der Waals surface area contributed by atoms with Crippen LogP contribution in [0.25, 0.3) is 0 Å². The minimum absolute atomic E-state index is 0. The first-order valence-electron chi connectivity index (χ1n) is 11.1. The first-order valence-corrected chi connectivity index (χ1v) is 11.5. The molecule has 3 aromatic rings. The Balaban J connectivity index is 0.000000540. The normalized spacial score (nSPS) is 9.47. The molecule has 0 spiro atoms. The number of aromatic nitrogens is 3. The number of nitrogens with two attached hydrogens (primary N) is 3. The van der Waals surface area contributed by atoms with Gasteiger partial charge in [-0.2, -0.15) is 0 Å². The molecule has 12 nitrogen and oxygen atoms in total. The lowest BCUT2D eigenvalue weighted by Gasteiger charge is -2.04. The van der Waals surface area contributed by atoms with Gasteiger partial charge in [0.15, 0.2) is 0 Å². The number of halogens is 1. The zero-order chi connectivity index (χ0) is 27.5. The van der Waals surface area contributed by atoms with Crippen molar-refractivity contribution in [3.63, 3.8) is 0 Å². The number of carbonyl (C=O) groups is 2. The Labute approximate surface area is 228 Å². The van der Waals surface area contributed by atoms with E-state index in [1.807, 2.05) is 12.1 Å². The van der Waals surface area contributed by atoms with Gasteiger partial charge in [0.25, 0.3) is 0 Å². The quantitative estimate of drug-likeness (QED) is 0.175. The molecule has 208 valence electrons. The fraction of sp³-hybridized carbons (Fsp3) is 0.320. The molecule has 0 fully saturated rings. The van der Waals surface area contributed by atoms with Gasteiger partial charge >= 0.3 is 0 Å². The van der Waals surface area contributed by atoms with E-state index in [1.54, 1.807) is 32.5 Å². The van der Waals surface area contributed by atoms with Gasteiger partial charge in [0.1, 0.15) is 16.8 Å². The second-order valence-electron chi connectivity index (χ2n) is 7.13. The van der Waals surface area contributed by atoms with Crippen LogP contribution in [0.2, 0.25) is 5.15 Å². The predicted octanol–water partition coefficient (Wildman–Crippen LogP) is 2.31. The van der Waals surface area contributed by atoms with E-state index < -0.39 is 11.8 Å². The van der Waals surface area contributed by atoms with Gasteiger partial charge in [-0.3, -0.25) is 9.59 Å². The number of primary amides is 2. The summed E-state index contributed by atoms with van der Waals surface area (Å²) in [6, 6.07) is 10.2. The molecule has 13 heteroatoms. The number of anilines is 2. The third-order valence-corrected chi connectivity index (χ3v) is 4.57. The maximum absolute atomic E-state index is 10.7. The van der Waals surface area contributed by atoms with Crippen LogP contribution in [0.5, 0.6) is 0 Å². The van der Waals surface area contributed by atoms with Gasteiger partial charge in [-0.15, -0.1) is 0 Å². The number of ether oxygens (including phenoxy) is 2. The van der Waals surface area contributed by atoms with Crippen molar-refractivity contribution in [2.24, 2.45) is 17.2 Å². The smallest absolute Gasteiger partial charge is 0.250 e. The molecule has 2 amide bonds. The van der Waals surface area contributed by atoms with Crippen molar-refractivity contribution in [2.45, 2.75) is 14.0 Å². The summed E-state index contributed by atoms with van der Waals surface area (Å²) in [5, 5.41) is 6.50. The van der Waals surface area contributed by atoms with Gasteiger partial charge in [-0.1, -0.05) is 25.1 Å². The number of hydrogen-bond acceptors (Lipinski definition) is 10. The number of nitrogens with one attached hydrogen (secondary N) is 2. The summed E-state index contributed by atoms with van der Waals surface area (Å²) in [5.41, 5.74) is 17.3. The second kappa shape index (κ2) is 20.2. The van der Waals surface area contributed by atoms with Crippen LogP contribution in [0.15, 0.2) is 55.0 Å². The highest BCUT2D eigenvalue weighted by molar-refractivity contribution is 6.29. The minimum atomic E-state index is -0.496. The lowest BCUT2D eigenvalue weighted by atomic mass is 10.3. The lowest BCUT2D eigenvalue weighted by molar-refractivity contribution is 0.0991. The number of amides is 2. The highest BCUT2D eigenvalue weighted by Gasteiger charge is 2.00. The summed E-state index contributed by atoms with van der Waals surface area (Å²) in [6.07, 6.45) is 4.55. The fourth-order valence-corrected chi connectivity index (χ4v) is 2.49. The van der Waals surface area contributed by atoms with Crippen LogP contribution >= 0.6 is 11.6 Å². The monoisotopic (exact) mass is 548 g/mol. The van der Waals surface area contributed by atoms with Crippen LogP contribution in [-0.4, -0.2) is 67.3 Å². The van der Waals surface area contributed by atoms with Crippen molar-refractivity contribution in [1.82, 2.24) is 15.0 Å². The lowest BCUT2D eigenvalue weighted by Crippen LogP contribution is -2.12. The molecule has 0 atom stereocenters. The van der Waals surface area contributed by atoms with Crippen molar-refractivity contribution in [1.29, 1.82) is 0 Å². The van der Waals surface area contributed by atoms with Crippen molar-refractivity contribution in [3.8, 4) is 0 Å². The minimum Gasteiger partial charge on any atom is -0.383 e. The van der Waals surface area contributed by atoms with E-state index in [0.29, 0.717) is 48.4 Å². The average molecular weight is 549 g/mol. The molecule has 0 saturated carbocycles. The zero-order valence-electron chi connectivity index (χ0n) is 20.8. The molecule has 0 aliphatic rings. The van der Waals surface area contributed by atoms with Gasteiger partial charge < -0.3 is 37.3 Å². The number of pyridine rings is 3. The Bertz CT molecular complexity index is 1050. The zero-order valence-corrected chi connectivity index (χ0v) is 21.6. The molecule has 3 heterocycles. The summed E-state index contributed by atoms with van der Waals surface area (Å²) in [7, 11) is 3.30. The number of hydrogen-bond donors (Lipinski definition) is 5. The summed E-state index contributed by atoms with van der Waals surface area (Å²) in [5.74, 6) is 0.589. The molecular formula is C25H37ClN8O4. The molecule has 3 aromatic heterocycles. The SMILES string of the molecule is C.COCCNc1ccc(C(N)=O)cn1.COCCNc1ccc(CN)cn1.NC(=O)c1ccc(Cl)nc1. The van der Waals surface area contributed by atoms with Crippen LogP contribution in [0.1, 0.15) is 33.7 Å². The third kappa shape index (κ3) is 14.7. The summed E-state index contributed by atoms with van der Waals surface area (Å²) < 4.78 is 9.76. The first-order chi connectivity index (χ1) is 17.8. The second-order valence-corrected chi connectivity index (χ2v) is 7.51. The van der Waals surface area contributed by atoms with Crippen LogP contribution in [-0.2, 0) is 16.0 Å². The van der Waals surface area contributed by atoms with Gasteiger partial charge in [-0.25, -0.2) is 15.0 Å². The molecule has 38 heavy (non-hydrogen) atoms. The van der Waals surface area contributed by atoms with Crippen molar-refractivity contribution in [2.75, 3.05) is 51.2 Å². The van der Waals surface area contributed by atoms with Crippen molar-refractivity contribution < 1.29 is 19.1 Å². The van der Waals surface area contributed by atoms with Crippen molar-refractivity contribution >= 4 is 35.1 Å². The molecule has 0 unspecified atom stereocenters. The summed E-state index contributed by atoms with van der Waals surface area (Å²) in [6.45, 7) is 3.27. The van der Waals surface area contributed by atoms with Gasteiger partial charge in [0.2, 0.25) is 11.8 Å². The van der Waals surface area contributed by atoms with Crippen LogP contribution in [0, 0.1) is 0 Å².